The van der Waals surface area contributed by atoms with Crippen LogP contribution in [-0.4, -0.2) is 87.9 Å². The number of alkyl halides is 9. The number of pyridine rings is 3. The number of aliphatic carboxylic acids is 3. The predicted octanol–water partition coefficient (Wildman–Crippen LogP) is 5.64. The van der Waals surface area contributed by atoms with Crippen LogP contribution in [0.25, 0.3) is 33.9 Å². The summed E-state index contributed by atoms with van der Waals surface area (Å²) in [4.78, 5) is 58.4. The molecule has 0 spiro atoms. The second kappa shape index (κ2) is 15.4. The lowest BCUT2D eigenvalue weighted by atomic mass is 10.1. The van der Waals surface area contributed by atoms with Crippen LogP contribution in [0.4, 0.5) is 61.6 Å². The lowest BCUT2D eigenvalue weighted by molar-refractivity contribution is -0.193. The molecule has 4 aromatic heterocycles. The molecule has 4 aromatic rings. The van der Waals surface area contributed by atoms with Gasteiger partial charge in [-0.25, -0.2) is 34.1 Å². The highest BCUT2D eigenvalue weighted by atomic mass is 19.4. The molecular weight excluding hydrogens is 697 g/mol. The summed E-state index contributed by atoms with van der Waals surface area (Å²) < 4.78 is 95.2. The molecule has 0 saturated carbocycles. The molecule has 24 heteroatoms. The van der Waals surface area contributed by atoms with E-state index < -0.39 is 42.5 Å². The fraction of sp³-hybridized carbons (Fsp3) is 0.120. The van der Waals surface area contributed by atoms with Crippen molar-refractivity contribution in [2.45, 2.75) is 18.5 Å². The Bertz CT molecular complexity index is 1710. The maximum absolute atomic E-state index is 10.9. The highest BCUT2D eigenvalue weighted by molar-refractivity contribution is 5.95. The van der Waals surface area contributed by atoms with Gasteiger partial charge in [0, 0.05) is 35.3 Å². The molecule has 0 radical (unpaired) electrons. The van der Waals surface area contributed by atoms with Gasteiger partial charge in [-0.3, -0.25) is 10.3 Å². The Morgan fingerprint density at radius 1 is 0.714 bits per heavy atom. The molecule has 15 nitrogen and oxygen atoms in total. The van der Waals surface area contributed by atoms with Gasteiger partial charge in [0.15, 0.2) is 0 Å². The lowest BCUT2D eigenvalue weighted by Crippen LogP contribution is -2.21. The van der Waals surface area contributed by atoms with Crippen LogP contribution in [-0.2, 0) is 14.4 Å². The predicted molar refractivity (Wildman–Crippen MR) is 144 cm³/mol. The summed E-state index contributed by atoms with van der Waals surface area (Å²) in [6.07, 6.45) is -9.72. The number of anilines is 3. The highest BCUT2D eigenvalue weighted by Gasteiger charge is 2.39. The number of rotatable bonds is 2. The van der Waals surface area contributed by atoms with E-state index in [0.717, 1.165) is 28.2 Å². The van der Waals surface area contributed by atoms with Gasteiger partial charge in [0.1, 0.15) is 23.2 Å². The molecule has 0 atom stereocenters. The van der Waals surface area contributed by atoms with Crippen molar-refractivity contribution in [3.63, 3.8) is 0 Å². The van der Waals surface area contributed by atoms with Crippen molar-refractivity contribution in [1.82, 2.24) is 24.9 Å². The molecule has 0 bridgehead atoms. The third-order valence-electron chi connectivity index (χ3n) is 5.11. The quantitative estimate of drug-likeness (QED) is 0.110. The second-order valence-electron chi connectivity index (χ2n) is 8.52. The molecule has 1 aliphatic rings. The first-order valence-electron chi connectivity index (χ1n) is 12.2. The molecular formula is C25H16F9N7O8. The Kier molecular flexibility index (Phi) is 12.2. The summed E-state index contributed by atoms with van der Waals surface area (Å²) in [6, 6.07) is 9.10. The minimum Gasteiger partial charge on any atom is -0.475 e. The first-order chi connectivity index (χ1) is 22.5. The van der Waals surface area contributed by atoms with Crippen molar-refractivity contribution in [2.24, 2.45) is 0 Å². The number of halogens is 9. The zero-order chi connectivity index (χ0) is 37.3. The molecule has 0 saturated heterocycles. The van der Waals surface area contributed by atoms with Crippen LogP contribution in [0.3, 0.4) is 0 Å². The lowest BCUT2D eigenvalue weighted by Gasteiger charge is -2.08. The van der Waals surface area contributed by atoms with Crippen molar-refractivity contribution >= 4 is 41.3 Å². The molecule has 0 aliphatic carbocycles. The molecule has 5 rings (SSSR count). The number of aromatic nitrogens is 5. The van der Waals surface area contributed by atoms with Gasteiger partial charge in [-0.15, -0.1) is 0 Å². The number of aromatic amines is 1. The molecule has 0 unspecified atom stereocenters. The average molecular weight is 713 g/mol. The van der Waals surface area contributed by atoms with E-state index in [1.54, 1.807) is 30.7 Å². The molecule has 0 fully saturated rings. The van der Waals surface area contributed by atoms with Crippen molar-refractivity contribution in [1.29, 1.82) is 0 Å². The Labute approximate surface area is 264 Å². The molecule has 0 aromatic carbocycles. The summed E-state index contributed by atoms with van der Waals surface area (Å²) in [5.41, 5.74) is 4.88. The van der Waals surface area contributed by atoms with E-state index in [2.05, 4.69) is 30.6 Å². The van der Waals surface area contributed by atoms with E-state index in [1.807, 2.05) is 18.2 Å². The molecule has 5 heterocycles. The van der Waals surface area contributed by atoms with Crippen LogP contribution in [0.5, 0.6) is 0 Å². The van der Waals surface area contributed by atoms with E-state index in [1.165, 1.54) is 6.20 Å². The second-order valence-corrected chi connectivity index (χ2v) is 8.52. The number of carboxylic acids is 3. The minimum absolute atomic E-state index is 0.227. The Morgan fingerprint density at radius 2 is 1.27 bits per heavy atom. The number of amides is 1. The van der Waals surface area contributed by atoms with Gasteiger partial charge >= 0.3 is 42.5 Å². The number of carboxylic acid groups (broad SMARTS) is 4. The maximum Gasteiger partial charge on any atom is 0.490 e. The van der Waals surface area contributed by atoms with Gasteiger partial charge in [0.05, 0.1) is 17.6 Å². The van der Waals surface area contributed by atoms with Crippen molar-refractivity contribution in [2.75, 3.05) is 10.6 Å². The standard InChI is InChI=1S/C19H13N7O2.3C2HF3O2/c27-19(28)24-14-8-10(3-7-21-14)17-25-15-11-4-6-20-9-13(11)23-18-12(16(15)26-17)2-1-5-22-18;3*3-2(4,5)1(6)7/h1-9H,(H,21,24)(H,22,23)(H,25,26)(H,27,28);3*(H,6,7). The van der Waals surface area contributed by atoms with Gasteiger partial charge in [-0.05, 0) is 30.3 Å². The number of fused-ring (bicyclic) bond motifs is 5. The van der Waals surface area contributed by atoms with Gasteiger partial charge in [0.25, 0.3) is 0 Å². The summed E-state index contributed by atoms with van der Waals surface area (Å²) in [7, 11) is 0. The van der Waals surface area contributed by atoms with Crippen LogP contribution in [0, 0.1) is 0 Å². The fourth-order valence-corrected chi connectivity index (χ4v) is 3.19. The molecule has 1 amide bonds. The van der Waals surface area contributed by atoms with E-state index in [9.17, 15) is 44.3 Å². The largest absolute Gasteiger partial charge is 0.490 e. The molecule has 262 valence electrons. The summed E-state index contributed by atoms with van der Waals surface area (Å²) >= 11 is 0. The van der Waals surface area contributed by atoms with Crippen molar-refractivity contribution in [3.05, 3.63) is 55.1 Å². The maximum atomic E-state index is 10.9. The molecule has 49 heavy (non-hydrogen) atoms. The van der Waals surface area contributed by atoms with Crippen LogP contribution in [0.2, 0.25) is 0 Å². The number of nitrogens with zero attached hydrogens (tertiary/aromatic N) is 4. The summed E-state index contributed by atoms with van der Waals surface area (Å²) in [6.45, 7) is 0. The van der Waals surface area contributed by atoms with Crippen LogP contribution < -0.4 is 10.6 Å². The zero-order valence-corrected chi connectivity index (χ0v) is 23.3. The molecule has 7 N–H and O–H groups in total. The van der Waals surface area contributed by atoms with Gasteiger partial charge in [-0.1, -0.05) is 0 Å². The number of carbonyl (C=O) groups is 4. The van der Waals surface area contributed by atoms with E-state index in [4.69, 9.17) is 39.8 Å². The van der Waals surface area contributed by atoms with E-state index in [-0.39, 0.29) is 5.82 Å². The highest BCUT2D eigenvalue weighted by Crippen LogP contribution is 2.42. The third-order valence-corrected chi connectivity index (χ3v) is 5.11. The average Bonchev–Trinajstić information content (AvgIpc) is 3.37. The minimum atomic E-state index is -5.08. The van der Waals surface area contributed by atoms with Gasteiger partial charge in [0.2, 0.25) is 0 Å². The number of hydrogen-bond acceptors (Lipinski definition) is 9. The first-order valence-corrected chi connectivity index (χ1v) is 12.2. The Hall–Kier alpha value is -6.49. The summed E-state index contributed by atoms with van der Waals surface area (Å²) in [5, 5.41) is 35.9. The topological polar surface area (TPSA) is 241 Å². The smallest absolute Gasteiger partial charge is 0.475 e. The van der Waals surface area contributed by atoms with Crippen LogP contribution in [0.1, 0.15) is 0 Å². The van der Waals surface area contributed by atoms with Crippen molar-refractivity contribution < 1.29 is 79.1 Å². The monoisotopic (exact) mass is 713 g/mol. The normalized spacial score (nSPS) is 11.4. The number of nitrogens with one attached hydrogen (secondary N) is 3. The van der Waals surface area contributed by atoms with Gasteiger partial charge < -0.3 is 30.7 Å². The van der Waals surface area contributed by atoms with Crippen LogP contribution in [0.15, 0.2) is 55.1 Å². The SMILES string of the molecule is O=C(O)C(F)(F)F.O=C(O)C(F)(F)F.O=C(O)C(F)(F)F.O=C(O)Nc1cc(-c2nc3c([nH]2)-c2ccncc2Nc2ncccc2-3)ccn1. The third kappa shape index (κ3) is 11.4. The van der Waals surface area contributed by atoms with E-state index >= 15 is 0 Å². The summed E-state index contributed by atoms with van der Waals surface area (Å²) in [5.74, 6) is -6.76. The first kappa shape index (κ1) is 38.7. The van der Waals surface area contributed by atoms with Gasteiger partial charge in [-0.2, -0.15) is 39.5 Å². The van der Waals surface area contributed by atoms with Crippen molar-refractivity contribution in [3.8, 4) is 33.9 Å². The van der Waals surface area contributed by atoms with Crippen LogP contribution >= 0.6 is 0 Å². The zero-order valence-electron chi connectivity index (χ0n) is 23.3. The molecule has 1 aliphatic heterocycles. The number of H-pyrrole nitrogens is 1. The van der Waals surface area contributed by atoms with E-state index in [0.29, 0.717) is 17.2 Å². The fourth-order valence-electron chi connectivity index (χ4n) is 3.19. The number of hydrogen-bond donors (Lipinski definition) is 7. The Balaban J connectivity index is 0.000000325. The Morgan fingerprint density at radius 3 is 1.78 bits per heavy atom. The number of imidazole rings is 1.